The number of hydrogen-bond donors (Lipinski definition) is 1. The molecule has 1 aromatic heterocycles. The summed E-state index contributed by atoms with van der Waals surface area (Å²) in [6, 6.07) is 5.28. The zero-order valence-corrected chi connectivity index (χ0v) is 10.4. The number of hydrogen-bond acceptors (Lipinski definition) is 2. The van der Waals surface area contributed by atoms with Crippen LogP contribution >= 0.6 is 0 Å². The maximum absolute atomic E-state index is 13.2. The van der Waals surface area contributed by atoms with Gasteiger partial charge >= 0.3 is 0 Å². The molecule has 2 aromatic rings. The zero-order valence-electron chi connectivity index (χ0n) is 10.4. The van der Waals surface area contributed by atoms with Crippen LogP contribution in [-0.2, 0) is 6.54 Å². The third-order valence-corrected chi connectivity index (χ3v) is 2.73. The first-order chi connectivity index (χ1) is 9.13. The highest BCUT2D eigenvalue weighted by molar-refractivity contribution is 5.35. The van der Waals surface area contributed by atoms with Crippen LogP contribution in [0.4, 0.5) is 13.2 Å². The summed E-state index contributed by atoms with van der Waals surface area (Å²) in [5.41, 5.74) is 0.702. The third-order valence-electron chi connectivity index (χ3n) is 2.73. The van der Waals surface area contributed by atoms with Gasteiger partial charge in [0.1, 0.15) is 11.5 Å². The first-order valence-electron chi connectivity index (χ1n) is 5.95. The Balaban J connectivity index is 2.39. The molecule has 2 rings (SSSR count). The molecule has 0 fully saturated rings. The van der Waals surface area contributed by atoms with Gasteiger partial charge in [-0.25, -0.2) is 17.9 Å². The summed E-state index contributed by atoms with van der Waals surface area (Å²) in [6.45, 7) is 2.91. The molecule has 0 radical (unpaired) electrons. The van der Waals surface area contributed by atoms with E-state index in [0.717, 1.165) is 4.68 Å². The molecule has 0 spiro atoms. The highest BCUT2D eigenvalue weighted by Crippen LogP contribution is 2.25. The number of alkyl halides is 2. The van der Waals surface area contributed by atoms with Crippen LogP contribution in [0.3, 0.4) is 0 Å². The van der Waals surface area contributed by atoms with Gasteiger partial charge in [-0.15, -0.1) is 0 Å². The summed E-state index contributed by atoms with van der Waals surface area (Å²) in [7, 11) is 0. The molecule has 0 bridgehead atoms. The maximum Gasteiger partial charge on any atom is 0.280 e. The minimum Gasteiger partial charge on any atom is -0.313 e. The van der Waals surface area contributed by atoms with Crippen molar-refractivity contribution >= 4 is 0 Å². The zero-order chi connectivity index (χ0) is 13.8. The largest absolute Gasteiger partial charge is 0.313 e. The summed E-state index contributed by atoms with van der Waals surface area (Å²) < 4.78 is 40.3. The Hall–Kier alpha value is -1.82. The van der Waals surface area contributed by atoms with Crippen molar-refractivity contribution in [3.63, 3.8) is 0 Å². The molecule has 0 saturated heterocycles. The lowest BCUT2D eigenvalue weighted by molar-refractivity contribution is 0.141. The van der Waals surface area contributed by atoms with E-state index in [9.17, 15) is 13.2 Å². The SMILES string of the molecule is CCNCc1cnn(-c2ccc(F)cc2)c1C(F)F. The Bertz CT molecular complexity index is 535. The van der Waals surface area contributed by atoms with Gasteiger partial charge in [0.2, 0.25) is 0 Å². The number of benzene rings is 1. The molecule has 3 nitrogen and oxygen atoms in total. The topological polar surface area (TPSA) is 29.9 Å². The summed E-state index contributed by atoms with van der Waals surface area (Å²) in [5.74, 6) is -0.414. The van der Waals surface area contributed by atoms with Crippen LogP contribution in [0.2, 0.25) is 0 Å². The fourth-order valence-corrected chi connectivity index (χ4v) is 1.81. The molecule has 0 aliphatic rings. The molecule has 102 valence electrons. The number of nitrogens with one attached hydrogen (secondary N) is 1. The maximum atomic E-state index is 13.2. The molecule has 1 N–H and O–H groups in total. The number of rotatable bonds is 5. The molecule has 0 amide bonds. The van der Waals surface area contributed by atoms with Crippen molar-refractivity contribution in [2.24, 2.45) is 0 Å². The standard InChI is InChI=1S/C13H14F3N3/c1-2-17-7-9-8-18-19(12(9)13(15)16)11-5-3-10(14)4-6-11/h3-6,8,13,17H,2,7H2,1H3. The summed E-state index contributed by atoms with van der Waals surface area (Å²) in [6.07, 6.45) is -1.23. The minimum atomic E-state index is -2.64. The first-order valence-corrected chi connectivity index (χ1v) is 5.95. The molecule has 1 heterocycles. The quantitative estimate of drug-likeness (QED) is 0.904. The molecular weight excluding hydrogens is 255 g/mol. The van der Waals surface area contributed by atoms with E-state index in [1.807, 2.05) is 6.92 Å². The molecule has 1 aromatic carbocycles. The van der Waals surface area contributed by atoms with Crippen molar-refractivity contribution in [1.82, 2.24) is 15.1 Å². The summed E-state index contributed by atoms with van der Waals surface area (Å²) in [5, 5.41) is 6.95. The van der Waals surface area contributed by atoms with Gasteiger partial charge in [-0.1, -0.05) is 6.92 Å². The Kier molecular flexibility index (Phi) is 4.21. The van der Waals surface area contributed by atoms with E-state index >= 15 is 0 Å². The van der Waals surface area contributed by atoms with Crippen LogP contribution in [0.5, 0.6) is 0 Å². The van der Waals surface area contributed by atoms with Crippen molar-refractivity contribution in [1.29, 1.82) is 0 Å². The third kappa shape index (κ3) is 2.96. The van der Waals surface area contributed by atoms with Crippen molar-refractivity contribution in [3.05, 3.63) is 47.5 Å². The van der Waals surface area contributed by atoms with E-state index in [4.69, 9.17) is 0 Å². The van der Waals surface area contributed by atoms with E-state index in [-0.39, 0.29) is 5.69 Å². The Morgan fingerprint density at radius 2 is 1.95 bits per heavy atom. The van der Waals surface area contributed by atoms with Crippen molar-refractivity contribution in [3.8, 4) is 5.69 Å². The lowest BCUT2D eigenvalue weighted by Gasteiger charge is -2.09. The highest BCUT2D eigenvalue weighted by atomic mass is 19.3. The number of aromatic nitrogens is 2. The summed E-state index contributed by atoms with van der Waals surface area (Å²) in [4.78, 5) is 0. The van der Waals surface area contributed by atoms with Gasteiger partial charge < -0.3 is 5.32 Å². The average molecular weight is 269 g/mol. The average Bonchev–Trinajstić information content (AvgIpc) is 2.81. The monoisotopic (exact) mass is 269 g/mol. The molecule has 0 atom stereocenters. The number of halogens is 3. The highest BCUT2D eigenvalue weighted by Gasteiger charge is 2.20. The lowest BCUT2D eigenvalue weighted by Crippen LogP contribution is -2.13. The Labute approximate surface area is 109 Å². The van der Waals surface area contributed by atoms with E-state index < -0.39 is 12.2 Å². The van der Waals surface area contributed by atoms with Crippen LogP contribution in [0.15, 0.2) is 30.5 Å². The van der Waals surface area contributed by atoms with E-state index in [1.54, 1.807) is 0 Å². The van der Waals surface area contributed by atoms with E-state index in [2.05, 4.69) is 10.4 Å². The van der Waals surface area contributed by atoms with Crippen molar-refractivity contribution in [2.45, 2.75) is 19.9 Å². The normalized spacial score (nSPS) is 11.2. The van der Waals surface area contributed by atoms with Crippen LogP contribution in [0, 0.1) is 5.82 Å². The molecular formula is C13H14F3N3. The second kappa shape index (κ2) is 5.88. The Morgan fingerprint density at radius 1 is 1.26 bits per heavy atom. The second-order valence-corrected chi connectivity index (χ2v) is 4.02. The van der Waals surface area contributed by atoms with Crippen LogP contribution in [0.25, 0.3) is 5.69 Å². The van der Waals surface area contributed by atoms with Crippen molar-refractivity contribution < 1.29 is 13.2 Å². The molecule has 0 unspecified atom stereocenters. The first kappa shape index (κ1) is 13.6. The van der Waals surface area contributed by atoms with Crippen LogP contribution in [-0.4, -0.2) is 16.3 Å². The van der Waals surface area contributed by atoms with Gasteiger partial charge in [0.25, 0.3) is 6.43 Å². The van der Waals surface area contributed by atoms with E-state index in [0.29, 0.717) is 24.3 Å². The molecule has 6 heteroatoms. The van der Waals surface area contributed by atoms with Crippen molar-refractivity contribution in [2.75, 3.05) is 6.54 Å². The van der Waals surface area contributed by atoms with E-state index in [1.165, 1.54) is 30.5 Å². The lowest BCUT2D eigenvalue weighted by atomic mass is 10.2. The molecule has 0 saturated carbocycles. The smallest absolute Gasteiger partial charge is 0.280 e. The minimum absolute atomic E-state index is 0.160. The van der Waals surface area contributed by atoms with Crippen LogP contribution in [0.1, 0.15) is 24.6 Å². The number of nitrogens with zero attached hydrogens (tertiary/aromatic N) is 2. The predicted molar refractivity (Wildman–Crippen MR) is 65.9 cm³/mol. The van der Waals surface area contributed by atoms with Gasteiger partial charge in [-0.3, -0.25) is 0 Å². The van der Waals surface area contributed by atoms with Gasteiger partial charge in [0.15, 0.2) is 0 Å². The van der Waals surface area contributed by atoms with Gasteiger partial charge in [-0.2, -0.15) is 5.10 Å². The Morgan fingerprint density at radius 3 is 2.53 bits per heavy atom. The second-order valence-electron chi connectivity index (χ2n) is 4.02. The van der Waals surface area contributed by atoms with Gasteiger partial charge in [-0.05, 0) is 30.8 Å². The summed E-state index contributed by atoms with van der Waals surface area (Å²) >= 11 is 0. The molecule has 0 aliphatic heterocycles. The van der Waals surface area contributed by atoms with Crippen LogP contribution < -0.4 is 5.32 Å². The molecule has 19 heavy (non-hydrogen) atoms. The molecule has 0 aliphatic carbocycles. The fourth-order valence-electron chi connectivity index (χ4n) is 1.81. The van der Waals surface area contributed by atoms with Gasteiger partial charge in [0.05, 0.1) is 11.9 Å². The predicted octanol–water partition coefficient (Wildman–Crippen LogP) is 3.06. The fraction of sp³-hybridized carbons (Fsp3) is 0.308. The van der Waals surface area contributed by atoms with Gasteiger partial charge in [0, 0.05) is 12.1 Å².